The second kappa shape index (κ2) is 12.8. The molecular formula is C31H34F4N4O4. The average Bonchev–Trinajstić information content (AvgIpc) is 2.99. The van der Waals surface area contributed by atoms with Crippen LogP contribution in [0.4, 0.5) is 28.9 Å². The van der Waals surface area contributed by atoms with Gasteiger partial charge in [-0.1, -0.05) is 18.2 Å². The first-order valence-electron chi connectivity index (χ1n) is 14.4. The van der Waals surface area contributed by atoms with E-state index in [1.165, 1.54) is 18.2 Å². The van der Waals surface area contributed by atoms with Crippen molar-refractivity contribution in [2.24, 2.45) is 0 Å². The number of carbonyl (C=O) groups is 1. The molecule has 0 bridgehead atoms. The third-order valence-electron chi connectivity index (χ3n) is 8.51. The molecule has 1 amide bonds. The van der Waals surface area contributed by atoms with Gasteiger partial charge < -0.3 is 15.0 Å². The number of fused-ring (bicyclic) bond motifs is 1. The van der Waals surface area contributed by atoms with E-state index in [-0.39, 0.29) is 42.2 Å². The maximum atomic E-state index is 13.5. The Balaban J connectivity index is 1.05. The molecule has 230 valence electrons. The van der Waals surface area contributed by atoms with Crippen molar-refractivity contribution in [2.75, 3.05) is 38.1 Å². The molecule has 12 heteroatoms. The van der Waals surface area contributed by atoms with Gasteiger partial charge in [-0.2, -0.15) is 13.2 Å². The fourth-order valence-corrected chi connectivity index (χ4v) is 5.97. The number of rotatable bonds is 8. The largest absolute Gasteiger partial charge is 0.423 e. The predicted octanol–water partition coefficient (Wildman–Crippen LogP) is 6.55. The van der Waals surface area contributed by atoms with E-state index in [1.807, 2.05) is 17.0 Å². The zero-order valence-electron chi connectivity index (χ0n) is 23.8. The molecule has 1 aliphatic heterocycles. The van der Waals surface area contributed by atoms with Gasteiger partial charge in [-0.05, 0) is 79.3 Å². The Morgan fingerprint density at radius 3 is 2.35 bits per heavy atom. The van der Waals surface area contributed by atoms with Crippen LogP contribution in [-0.4, -0.2) is 65.6 Å². The number of hydrogen-bond acceptors (Lipinski definition) is 6. The standard InChI is InChI=1S/C31H34F4N4O4/c1-20(21-2-3-23-17-24(32)5-4-22(23)16-21)37-12-14-38(15-13-37)30(40)19-43-27-9-6-25(7-10-27)36-26-8-11-29(39(41)42)28(18-26)31(33,34)35/h2-5,8,11,16-18,20,25,27,36H,6-7,9-10,12-15,19H2,1H3/t20?,25-,27-. The number of carbonyl (C=O) groups excluding carboxylic acids is 1. The minimum absolute atomic E-state index is 0.0170. The van der Waals surface area contributed by atoms with Gasteiger partial charge >= 0.3 is 6.18 Å². The van der Waals surface area contributed by atoms with E-state index < -0.39 is 22.4 Å². The molecule has 0 spiro atoms. The summed E-state index contributed by atoms with van der Waals surface area (Å²) in [6.45, 7) is 4.76. The molecule has 2 fully saturated rings. The minimum atomic E-state index is -4.83. The van der Waals surface area contributed by atoms with Crippen molar-refractivity contribution in [2.45, 2.75) is 57.0 Å². The summed E-state index contributed by atoms with van der Waals surface area (Å²) in [5.74, 6) is -0.320. The molecule has 0 aromatic heterocycles. The van der Waals surface area contributed by atoms with E-state index in [1.54, 1.807) is 6.07 Å². The van der Waals surface area contributed by atoms with E-state index in [4.69, 9.17) is 4.74 Å². The lowest BCUT2D eigenvalue weighted by atomic mass is 9.92. The van der Waals surface area contributed by atoms with Crippen molar-refractivity contribution in [3.8, 4) is 0 Å². The second-order valence-electron chi connectivity index (χ2n) is 11.3. The normalized spacial score (nSPS) is 20.6. The molecule has 5 rings (SSSR count). The molecule has 1 heterocycles. The smallest absolute Gasteiger partial charge is 0.382 e. The number of nitrogens with one attached hydrogen (secondary N) is 1. The quantitative estimate of drug-likeness (QED) is 0.179. The van der Waals surface area contributed by atoms with Crippen LogP contribution < -0.4 is 5.32 Å². The molecule has 3 aromatic rings. The number of anilines is 1. The van der Waals surface area contributed by atoms with Gasteiger partial charge in [-0.25, -0.2) is 4.39 Å². The summed E-state index contributed by atoms with van der Waals surface area (Å²) in [4.78, 5) is 26.9. The van der Waals surface area contributed by atoms with Crippen LogP contribution in [0.3, 0.4) is 0 Å². The summed E-state index contributed by atoms with van der Waals surface area (Å²) in [5.41, 5.74) is -0.928. The zero-order chi connectivity index (χ0) is 30.7. The number of alkyl halides is 3. The lowest BCUT2D eigenvalue weighted by Crippen LogP contribution is -2.50. The molecule has 3 aromatic carbocycles. The zero-order valence-corrected chi connectivity index (χ0v) is 23.8. The lowest BCUT2D eigenvalue weighted by Gasteiger charge is -2.38. The molecule has 1 saturated carbocycles. The highest BCUT2D eigenvalue weighted by atomic mass is 19.4. The summed E-state index contributed by atoms with van der Waals surface area (Å²) >= 11 is 0. The van der Waals surface area contributed by atoms with Crippen LogP contribution in [-0.2, 0) is 15.7 Å². The van der Waals surface area contributed by atoms with Crippen molar-refractivity contribution in [3.05, 3.63) is 81.7 Å². The molecule has 1 atom stereocenters. The number of nitro benzene ring substituents is 1. The number of nitrogens with zero attached hydrogens (tertiary/aromatic N) is 3. The Morgan fingerprint density at radius 2 is 1.67 bits per heavy atom. The number of benzene rings is 3. The number of halogens is 4. The lowest BCUT2D eigenvalue weighted by molar-refractivity contribution is -0.388. The number of hydrogen-bond donors (Lipinski definition) is 1. The summed E-state index contributed by atoms with van der Waals surface area (Å²) < 4.78 is 59.3. The third-order valence-corrected chi connectivity index (χ3v) is 8.51. The Labute approximate surface area is 246 Å². The first-order chi connectivity index (χ1) is 20.5. The Hall–Kier alpha value is -3.77. The highest BCUT2D eigenvalue weighted by Gasteiger charge is 2.38. The van der Waals surface area contributed by atoms with Crippen LogP contribution in [0.5, 0.6) is 0 Å². The molecule has 1 aliphatic carbocycles. The van der Waals surface area contributed by atoms with Crippen LogP contribution >= 0.6 is 0 Å². The maximum Gasteiger partial charge on any atom is 0.423 e. The molecule has 1 saturated heterocycles. The van der Waals surface area contributed by atoms with Gasteiger partial charge in [0.2, 0.25) is 5.91 Å². The second-order valence-corrected chi connectivity index (χ2v) is 11.3. The van der Waals surface area contributed by atoms with Gasteiger partial charge in [0.25, 0.3) is 5.69 Å². The van der Waals surface area contributed by atoms with E-state index in [2.05, 4.69) is 23.2 Å². The highest BCUT2D eigenvalue weighted by Crippen LogP contribution is 2.38. The molecule has 8 nitrogen and oxygen atoms in total. The van der Waals surface area contributed by atoms with Crippen molar-refractivity contribution in [3.63, 3.8) is 0 Å². The highest BCUT2D eigenvalue weighted by molar-refractivity contribution is 5.83. The van der Waals surface area contributed by atoms with E-state index in [0.29, 0.717) is 38.8 Å². The third kappa shape index (κ3) is 7.42. The van der Waals surface area contributed by atoms with Gasteiger partial charge in [-0.15, -0.1) is 0 Å². The molecular weight excluding hydrogens is 568 g/mol. The van der Waals surface area contributed by atoms with Crippen LogP contribution in [0, 0.1) is 15.9 Å². The summed E-state index contributed by atoms with van der Waals surface area (Å²) in [6, 6.07) is 13.8. The van der Waals surface area contributed by atoms with E-state index in [9.17, 15) is 32.5 Å². The Kier molecular flexibility index (Phi) is 9.16. The molecule has 1 unspecified atom stereocenters. The van der Waals surface area contributed by atoms with E-state index >= 15 is 0 Å². The Bertz CT molecular complexity index is 1470. The first kappa shape index (κ1) is 30.7. The molecule has 1 N–H and O–H groups in total. The van der Waals surface area contributed by atoms with Crippen molar-refractivity contribution in [1.29, 1.82) is 0 Å². The number of amides is 1. The summed E-state index contributed by atoms with van der Waals surface area (Å²) in [5, 5.41) is 15.9. The Morgan fingerprint density at radius 1 is 1.00 bits per heavy atom. The van der Waals surface area contributed by atoms with Crippen LogP contribution in [0.15, 0.2) is 54.6 Å². The summed E-state index contributed by atoms with van der Waals surface area (Å²) in [6.07, 6.45) is -2.38. The van der Waals surface area contributed by atoms with Gasteiger partial charge in [0.1, 0.15) is 18.0 Å². The molecule has 0 radical (unpaired) electrons. The van der Waals surface area contributed by atoms with Gasteiger partial charge in [-0.3, -0.25) is 19.8 Å². The van der Waals surface area contributed by atoms with Gasteiger partial charge in [0.15, 0.2) is 0 Å². The first-order valence-corrected chi connectivity index (χ1v) is 14.4. The van der Waals surface area contributed by atoms with Gasteiger partial charge in [0, 0.05) is 50.0 Å². The van der Waals surface area contributed by atoms with Crippen molar-refractivity contribution >= 4 is 28.1 Å². The number of piperazine rings is 1. The predicted molar refractivity (Wildman–Crippen MR) is 154 cm³/mol. The fourth-order valence-electron chi connectivity index (χ4n) is 5.97. The number of nitro groups is 1. The molecule has 43 heavy (non-hydrogen) atoms. The van der Waals surface area contributed by atoms with Crippen molar-refractivity contribution < 1.29 is 32.0 Å². The van der Waals surface area contributed by atoms with Crippen LogP contribution in [0.1, 0.15) is 49.8 Å². The van der Waals surface area contributed by atoms with Crippen molar-refractivity contribution in [1.82, 2.24) is 9.80 Å². The van der Waals surface area contributed by atoms with Crippen LogP contribution in [0.2, 0.25) is 0 Å². The maximum absolute atomic E-state index is 13.5. The number of ether oxygens (including phenoxy) is 1. The summed E-state index contributed by atoms with van der Waals surface area (Å²) in [7, 11) is 0. The monoisotopic (exact) mass is 602 g/mol. The fraction of sp³-hybridized carbons (Fsp3) is 0.452. The van der Waals surface area contributed by atoms with E-state index in [0.717, 1.165) is 41.6 Å². The average molecular weight is 603 g/mol. The van der Waals surface area contributed by atoms with Crippen LogP contribution in [0.25, 0.3) is 10.8 Å². The SMILES string of the molecule is CC(c1ccc2cc(F)ccc2c1)N1CCN(C(=O)CO[C@H]2CC[C@H](Nc3ccc([N+](=O)[O-])c(C(F)(F)F)c3)CC2)CC1. The molecule has 2 aliphatic rings. The van der Waals surface area contributed by atoms with Gasteiger partial charge in [0.05, 0.1) is 11.0 Å². The minimum Gasteiger partial charge on any atom is -0.382 e. The topological polar surface area (TPSA) is 88.0 Å².